The molecule has 2 amide bonds. The van der Waals surface area contributed by atoms with E-state index in [1.54, 1.807) is 51.8 Å². The third-order valence-electron chi connectivity index (χ3n) is 4.59. The molecule has 12 heteroatoms. The smallest absolute Gasteiger partial charge is 0.320 e. The summed E-state index contributed by atoms with van der Waals surface area (Å²) in [5.41, 5.74) is 0.609. The van der Waals surface area contributed by atoms with Gasteiger partial charge in [-0.1, -0.05) is 17.2 Å². The van der Waals surface area contributed by atoms with E-state index in [9.17, 15) is 14.0 Å². The number of carbonyl (C=O) groups is 2. The molecule has 0 unspecified atom stereocenters. The zero-order chi connectivity index (χ0) is 21.8. The average molecular weight is 537 g/mol. The highest BCUT2D eigenvalue weighted by atomic mass is 127. The standard InChI is InChI=1S/C19H17FIN7O3/c20-13-3-1-2-4-14(13)24-19-26-25-17(31-19)16(29)23-12-5-6-15(22-11-12)27-7-9-28(10-8-27)18(21)30/h1-6,11H,7-10H2,(H,23,29)(H,24,26). The van der Waals surface area contributed by atoms with Crippen molar-refractivity contribution in [2.45, 2.75) is 0 Å². The van der Waals surface area contributed by atoms with E-state index in [0.717, 1.165) is 5.82 Å². The van der Waals surface area contributed by atoms with Crippen LogP contribution in [0.15, 0.2) is 47.0 Å². The highest BCUT2D eigenvalue weighted by Gasteiger charge is 2.21. The second kappa shape index (κ2) is 9.24. The van der Waals surface area contributed by atoms with Crippen LogP contribution in [0.25, 0.3) is 0 Å². The molecule has 1 aromatic carbocycles. The lowest BCUT2D eigenvalue weighted by atomic mass is 10.3. The van der Waals surface area contributed by atoms with Crippen molar-refractivity contribution >= 4 is 55.6 Å². The van der Waals surface area contributed by atoms with E-state index in [4.69, 9.17) is 4.42 Å². The van der Waals surface area contributed by atoms with Crippen molar-refractivity contribution in [3.8, 4) is 0 Å². The number of anilines is 4. The number of aromatic nitrogens is 3. The van der Waals surface area contributed by atoms with E-state index in [-0.39, 0.29) is 21.5 Å². The van der Waals surface area contributed by atoms with E-state index < -0.39 is 11.7 Å². The van der Waals surface area contributed by atoms with Crippen molar-refractivity contribution in [2.75, 3.05) is 41.7 Å². The van der Waals surface area contributed by atoms with Crippen LogP contribution in [0.5, 0.6) is 0 Å². The summed E-state index contributed by atoms with van der Waals surface area (Å²) in [7, 11) is 0. The van der Waals surface area contributed by atoms with Crippen LogP contribution < -0.4 is 15.5 Å². The molecule has 0 bridgehead atoms. The third kappa shape index (κ3) is 5.07. The summed E-state index contributed by atoms with van der Waals surface area (Å²) < 4.78 is 19.0. The van der Waals surface area contributed by atoms with Gasteiger partial charge in [0.1, 0.15) is 11.6 Å². The molecule has 1 fully saturated rings. The molecular formula is C19H17FIN7O3. The molecule has 1 saturated heterocycles. The number of nitrogens with one attached hydrogen (secondary N) is 2. The minimum absolute atomic E-state index is 0.0385. The highest BCUT2D eigenvalue weighted by molar-refractivity contribution is 14.1. The summed E-state index contributed by atoms with van der Waals surface area (Å²) in [5.74, 6) is -0.617. The van der Waals surface area contributed by atoms with Crippen LogP contribution in [0.1, 0.15) is 10.7 Å². The molecule has 3 aromatic rings. The summed E-state index contributed by atoms with van der Waals surface area (Å²) in [6.45, 7) is 2.66. The minimum atomic E-state index is -0.613. The Morgan fingerprint density at radius 2 is 1.84 bits per heavy atom. The molecule has 0 radical (unpaired) electrons. The number of halogens is 2. The van der Waals surface area contributed by atoms with Crippen molar-refractivity contribution in [3.05, 3.63) is 54.3 Å². The van der Waals surface area contributed by atoms with Crippen molar-refractivity contribution in [2.24, 2.45) is 0 Å². The zero-order valence-electron chi connectivity index (χ0n) is 16.1. The Kier molecular flexibility index (Phi) is 6.25. The summed E-state index contributed by atoms with van der Waals surface area (Å²) >= 11 is 1.79. The Hall–Kier alpha value is -3.29. The van der Waals surface area contributed by atoms with Gasteiger partial charge in [0.05, 0.1) is 17.6 Å². The number of hydrogen-bond donors (Lipinski definition) is 2. The SMILES string of the molecule is O=C(Nc1ccc(N2CCN(C(=O)I)CC2)nc1)c1nnc(Nc2ccccc2F)o1. The molecule has 0 atom stereocenters. The molecule has 31 heavy (non-hydrogen) atoms. The van der Waals surface area contributed by atoms with E-state index in [1.807, 2.05) is 0 Å². The van der Waals surface area contributed by atoms with Gasteiger partial charge in [-0.05, 0) is 24.3 Å². The number of para-hydroxylation sites is 1. The lowest BCUT2D eigenvalue weighted by molar-refractivity contribution is 0.0991. The summed E-state index contributed by atoms with van der Waals surface area (Å²) in [4.78, 5) is 32.0. The van der Waals surface area contributed by atoms with Crippen LogP contribution in [-0.2, 0) is 0 Å². The van der Waals surface area contributed by atoms with Crippen molar-refractivity contribution in [1.29, 1.82) is 0 Å². The Labute approximate surface area is 190 Å². The monoisotopic (exact) mass is 537 g/mol. The first-order valence-electron chi connectivity index (χ1n) is 9.31. The predicted octanol–water partition coefficient (Wildman–Crippen LogP) is 3.28. The van der Waals surface area contributed by atoms with E-state index >= 15 is 0 Å². The molecule has 3 heterocycles. The molecule has 160 valence electrons. The van der Waals surface area contributed by atoms with Gasteiger partial charge in [-0.25, -0.2) is 9.37 Å². The summed E-state index contributed by atoms with van der Waals surface area (Å²) in [6, 6.07) is 9.39. The lowest BCUT2D eigenvalue weighted by Gasteiger charge is -2.34. The first kappa shape index (κ1) is 21.0. The number of hydrogen-bond acceptors (Lipinski definition) is 8. The maximum absolute atomic E-state index is 13.7. The Bertz CT molecular complexity index is 1080. The third-order valence-corrected chi connectivity index (χ3v) is 5.27. The molecular weight excluding hydrogens is 520 g/mol. The first-order chi connectivity index (χ1) is 15.0. The average Bonchev–Trinajstić information content (AvgIpc) is 3.25. The van der Waals surface area contributed by atoms with Crippen molar-refractivity contribution in [1.82, 2.24) is 20.1 Å². The normalized spacial score (nSPS) is 13.7. The second-order valence-corrected chi connectivity index (χ2v) is 7.53. The van der Waals surface area contributed by atoms with E-state index in [2.05, 4.69) is 30.7 Å². The maximum atomic E-state index is 13.7. The molecule has 1 aliphatic heterocycles. The minimum Gasteiger partial charge on any atom is -0.399 e. The van der Waals surface area contributed by atoms with Gasteiger partial charge in [-0.15, -0.1) is 5.10 Å². The number of amides is 2. The number of rotatable bonds is 5. The Morgan fingerprint density at radius 3 is 2.52 bits per heavy atom. The number of benzene rings is 1. The molecule has 1 aliphatic rings. The number of pyridine rings is 1. The number of carbonyl (C=O) groups excluding carboxylic acids is 2. The van der Waals surface area contributed by atoms with Crippen LogP contribution in [0.2, 0.25) is 0 Å². The van der Waals surface area contributed by atoms with E-state index in [0.29, 0.717) is 31.9 Å². The Morgan fingerprint density at radius 1 is 1.06 bits per heavy atom. The van der Waals surface area contributed by atoms with Crippen LogP contribution in [0, 0.1) is 5.82 Å². The Balaban J connectivity index is 1.34. The van der Waals surface area contributed by atoms with Crippen LogP contribution in [0.4, 0.5) is 32.4 Å². The molecule has 4 rings (SSSR count). The van der Waals surface area contributed by atoms with Gasteiger partial charge in [0, 0.05) is 48.8 Å². The molecule has 0 spiro atoms. The zero-order valence-corrected chi connectivity index (χ0v) is 18.2. The summed E-state index contributed by atoms with van der Waals surface area (Å²) in [5, 5.41) is 12.6. The van der Waals surface area contributed by atoms with E-state index in [1.165, 1.54) is 18.3 Å². The van der Waals surface area contributed by atoms with Crippen molar-refractivity contribution in [3.63, 3.8) is 0 Å². The number of nitrogens with zero attached hydrogens (tertiary/aromatic N) is 5. The predicted molar refractivity (Wildman–Crippen MR) is 119 cm³/mol. The number of piperazine rings is 1. The summed E-state index contributed by atoms with van der Waals surface area (Å²) in [6.07, 6.45) is 1.53. The van der Waals surface area contributed by atoms with Crippen LogP contribution >= 0.6 is 22.6 Å². The fourth-order valence-corrected chi connectivity index (χ4v) is 3.47. The molecule has 2 N–H and O–H groups in total. The van der Waals surface area contributed by atoms with Gasteiger partial charge in [-0.2, -0.15) is 0 Å². The molecule has 0 saturated carbocycles. The fourth-order valence-electron chi connectivity index (χ4n) is 2.99. The van der Waals surface area contributed by atoms with Gasteiger partial charge < -0.3 is 24.9 Å². The largest absolute Gasteiger partial charge is 0.399 e. The quantitative estimate of drug-likeness (QED) is 0.290. The topological polar surface area (TPSA) is 116 Å². The van der Waals surface area contributed by atoms with Gasteiger partial charge in [0.25, 0.3) is 3.91 Å². The van der Waals surface area contributed by atoms with Crippen molar-refractivity contribution < 1.29 is 18.4 Å². The fraction of sp³-hybridized carbons (Fsp3) is 0.211. The first-order valence-corrected chi connectivity index (χ1v) is 10.4. The van der Waals surface area contributed by atoms with Gasteiger partial charge >= 0.3 is 17.8 Å². The van der Waals surface area contributed by atoms with Crippen LogP contribution in [-0.4, -0.2) is 56.1 Å². The molecule has 0 aliphatic carbocycles. The lowest BCUT2D eigenvalue weighted by Crippen LogP contribution is -2.47. The maximum Gasteiger partial charge on any atom is 0.320 e. The highest BCUT2D eigenvalue weighted by Crippen LogP contribution is 2.20. The van der Waals surface area contributed by atoms with Gasteiger partial charge in [0.2, 0.25) is 0 Å². The molecule has 10 nitrogen and oxygen atoms in total. The van der Waals surface area contributed by atoms with Gasteiger partial charge in [-0.3, -0.25) is 9.59 Å². The molecule has 2 aromatic heterocycles. The van der Waals surface area contributed by atoms with Crippen LogP contribution in [0.3, 0.4) is 0 Å². The van der Waals surface area contributed by atoms with Gasteiger partial charge in [0.15, 0.2) is 0 Å². The second-order valence-electron chi connectivity index (χ2n) is 6.60.